The molecule has 3 N–H and O–H groups in total. The van der Waals surface area contributed by atoms with Crippen LogP contribution in [-0.2, 0) is 6.54 Å². The molecule has 0 saturated carbocycles. The molecule has 5 heteroatoms. The quantitative estimate of drug-likeness (QED) is 0.495. The molecule has 1 aliphatic rings. The minimum Gasteiger partial charge on any atom is -0.464 e. The lowest BCUT2D eigenvalue weighted by Gasteiger charge is -2.34. The van der Waals surface area contributed by atoms with Gasteiger partial charge in [-0.25, -0.2) is 5.84 Å². The lowest BCUT2D eigenvalue weighted by Crippen LogP contribution is -2.38. The second-order valence-electron chi connectivity index (χ2n) is 5.80. The van der Waals surface area contributed by atoms with Gasteiger partial charge in [0.1, 0.15) is 11.5 Å². The van der Waals surface area contributed by atoms with Gasteiger partial charge in [0.05, 0.1) is 12.1 Å². The molecule has 0 aromatic carbocycles. The Morgan fingerprint density at radius 1 is 1.47 bits per heavy atom. The van der Waals surface area contributed by atoms with Crippen LogP contribution in [0.3, 0.4) is 0 Å². The summed E-state index contributed by atoms with van der Waals surface area (Å²) in [6.07, 6.45) is 1.29. The maximum atomic E-state index is 11.5. The number of hydrogen-bond acceptors (Lipinski definition) is 4. The van der Waals surface area contributed by atoms with Crippen molar-refractivity contribution in [3.05, 3.63) is 23.2 Å². The van der Waals surface area contributed by atoms with Crippen LogP contribution in [0.1, 0.15) is 42.1 Å². The predicted molar refractivity (Wildman–Crippen MR) is 73.3 cm³/mol. The summed E-state index contributed by atoms with van der Waals surface area (Å²) in [5.74, 6) is 7.73. The van der Waals surface area contributed by atoms with Crippen molar-refractivity contribution in [1.82, 2.24) is 10.3 Å². The number of rotatable bonds is 3. The highest BCUT2D eigenvalue weighted by atomic mass is 16.3. The molecule has 0 radical (unpaired) electrons. The first-order chi connectivity index (χ1) is 8.99. The van der Waals surface area contributed by atoms with E-state index < -0.39 is 0 Å². The molecule has 19 heavy (non-hydrogen) atoms. The number of carbonyl (C=O) groups is 1. The van der Waals surface area contributed by atoms with Crippen molar-refractivity contribution in [1.29, 1.82) is 0 Å². The first-order valence-electron chi connectivity index (χ1n) is 6.82. The zero-order valence-electron chi connectivity index (χ0n) is 11.9. The summed E-state index contributed by atoms with van der Waals surface area (Å²) in [5.41, 5.74) is 2.66. The third-order valence-electron chi connectivity index (χ3n) is 3.67. The van der Waals surface area contributed by atoms with E-state index in [-0.39, 0.29) is 5.91 Å². The summed E-state index contributed by atoms with van der Waals surface area (Å²) in [6, 6.07) is 1.79. The van der Waals surface area contributed by atoms with Crippen molar-refractivity contribution >= 4 is 5.91 Å². The van der Waals surface area contributed by atoms with Gasteiger partial charge in [-0.3, -0.25) is 15.1 Å². The van der Waals surface area contributed by atoms with E-state index in [0.29, 0.717) is 23.2 Å². The maximum Gasteiger partial charge on any atom is 0.268 e. The van der Waals surface area contributed by atoms with Crippen LogP contribution in [-0.4, -0.2) is 23.9 Å². The topological polar surface area (TPSA) is 71.5 Å². The molecule has 0 bridgehead atoms. The standard InChI is InChI=1S/C14H23N3O2/c1-9-4-10(2)7-17(6-9)8-12-5-13(11(3)19-12)14(18)16-15/h5,9-10H,4,6-8,15H2,1-3H3,(H,16,18). The number of nitrogen functional groups attached to an aromatic ring is 1. The van der Waals surface area contributed by atoms with Gasteiger partial charge in [-0.2, -0.15) is 0 Å². The van der Waals surface area contributed by atoms with Crippen LogP contribution >= 0.6 is 0 Å². The van der Waals surface area contributed by atoms with E-state index in [2.05, 4.69) is 24.2 Å². The highest BCUT2D eigenvalue weighted by Gasteiger charge is 2.23. The highest BCUT2D eigenvalue weighted by Crippen LogP contribution is 2.24. The molecule has 1 saturated heterocycles. The first kappa shape index (κ1) is 14.1. The number of nitrogens with zero attached hydrogens (tertiary/aromatic N) is 1. The minimum absolute atomic E-state index is 0.298. The van der Waals surface area contributed by atoms with E-state index in [4.69, 9.17) is 10.3 Å². The number of hydrogen-bond donors (Lipinski definition) is 2. The van der Waals surface area contributed by atoms with Crippen LogP contribution in [0.15, 0.2) is 10.5 Å². The van der Waals surface area contributed by atoms with Gasteiger partial charge in [0, 0.05) is 13.1 Å². The Balaban J connectivity index is 2.05. The summed E-state index contributed by atoms with van der Waals surface area (Å²) in [4.78, 5) is 13.9. The summed E-state index contributed by atoms with van der Waals surface area (Å²) < 4.78 is 5.65. The molecule has 0 spiro atoms. The fraction of sp³-hybridized carbons (Fsp3) is 0.643. The second-order valence-corrected chi connectivity index (χ2v) is 5.80. The van der Waals surface area contributed by atoms with E-state index in [1.165, 1.54) is 6.42 Å². The number of carbonyl (C=O) groups excluding carboxylic acids is 1. The third-order valence-corrected chi connectivity index (χ3v) is 3.67. The Hall–Kier alpha value is -1.33. The summed E-state index contributed by atoms with van der Waals surface area (Å²) >= 11 is 0. The van der Waals surface area contributed by atoms with Gasteiger partial charge in [-0.05, 0) is 31.2 Å². The number of nitrogens with one attached hydrogen (secondary N) is 1. The molecular weight excluding hydrogens is 242 g/mol. The number of hydrazine groups is 1. The number of likely N-dealkylation sites (tertiary alicyclic amines) is 1. The van der Waals surface area contributed by atoms with Crippen LogP contribution in [0.5, 0.6) is 0 Å². The van der Waals surface area contributed by atoms with Crippen LogP contribution < -0.4 is 11.3 Å². The molecule has 1 aromatic heterocycles. The average Bonchev–Trinajstić information content (AvgIpc) is 2.68. The Bertz CT molecular complexity index is 446. The van der Waals surface area contributed by atoms with E-state index in [1.807, 2.05) is 0 Å². The molecular formula is C14H23N3O2. The third kappa shape index (κ3) is 3.36. The highest BCUT2D eigenvalue weighted by molar-refractivity contribution is 5.94. The van der Waals surface area contributed by atoms with Gasteiger partial charge in [0.25, 0.3) is 5.91 Å². The molecule has 1 aromatic rings. The Morgan fingerprint density at radius 2 is 2.11 bits per heavy atom. The number of nitrogens with two attached hydrogens (primary N) is 1. The first-order valence-corrected chi connectivity index (χ1v) is 6.82. The molecule has 1 fully saturated rings. The molecule has 1 aliphatic heterocycles. The Labute approximate surface area is 114 Å². The van der Waals surface area contributed by atoms with Crippen LogP contribution in [0, 0.1) is 18.8 Å². The number of aryl methyl sites for hydroxylation is 1. The van der Waals surface area contributed by atoms with E-state index in [9.17, 15) is 4.79 Å². The average molecular weight is 265 g/mol. The fourth-order valence-corrected chi connectivity index (χ4v) is 3.07. The molecule has 1 amide bonds. The number of piperidine rings is 1. The molecule has 2 heterocycles. The minimum atomic E-state index is -0.298. The zero-order valence-corrected chi connectivity index (χ0v) is 11.9. The Morgan fingerprint density at radius 3 is 2.68 bits per heavy atom. The van der Waals surface area contributed by atoms with Gasteiger partial charge in [-0.1, -0.05) is 13.8 Å². The number of furan rings is 1. The Kier molecular flexibility index (Phi) is 4.27. The molecule has 2 atom stereocenters. The van der Waals surface area contributed by atoms with Crippen molar-refractivity contribution in [3.63, 3.8) is 0 Å². The van der Waals surface area contributed by atoms with Crippen molar-refractivity contribution in [2.75, 3.05) is 13.1 Å². The SMILES string of the molecule is Cc1oc(CN2CC(C)CC(C)C2)cc1C(=O)NN. The van der Waals surface area contributed by atoms with Crippen LogP contribution in [0.25, 0.3) is 0 Å². The summed E-state index contributed by atoms with van der Waals surface area (Å²) in [6.45, 7) is 9.28. The van der Waals surface area contributed by atoms with Gasteiger partial charge < -0.3 is 4.42 Å². The van der Waals surface area contributed by atoms with E-state index >= 15 is 0 Å². The van der Waals surface area contributed by atoms with Crippen molar-refractivity contribution in [2.24, 2.45) is 17.7 Å². The molecule has 2 rings (SSSR count). The summed E-state index contributed by atoms with van der Waals surface area (Å²) in [7, 11) is 0. The van der Waals surface area contributed by atoms with E-state index in [0.717, 1.165) is 25.4 Å². The van der Waals surface area contributed by atoms with Crippen LogP contribution in [0.4, 0.5) is 0 Å². The van der Waals surface area contributed by atoms with Gasteiger partial charge in [-0.15, -0.1) is 0 Å². The molecule has 0 aliphatic carbocycles. The van der Waals surface area contributed by atoms with Crippen LogP contribution in [0.2, 0.25) is 0 Å². The van der Waals surface area contributed by atoms with E-state index in [1.54, 1.807) is 13.0 Å². The van der Waals surface area contributed by atoms with Crippen molar-refractivity contribution < 1.29 is 9.21 Å². The number of amides is 1. The monoisotopic (exact) mass is 265 g/mol. The maximum absolute atomic E-state index is 11.5. The molecule has 5 nitrogen and oxygen atoms in total. The lowest BCUT2D eigenvalue weighted by atomic mass is 9.92. The lowest BCUT2D eigenvalue weighted by molar-refractivity contribution is 0.0952. The zero-order chi connectivity index (χ0) is 14.0. The fourth-order valence-electron chi connectivity index (χ4n) is 3.07. The second kappa shape index (κ2) is 5.75. The van der Waals surface area contributed by atoms with Gasteiger partial charge in [0.15, 0.2) is 0 Å². The normalized spacial score (nSPS) is 24.4. The largest absolute Gasteiger partial charge is 0.464 e. The summed E-state index contributed by atoms with van der Waals surface area (Å²) in [5, 5.41) is 0. The van der Waals surface area contributed by atoms with Gasteiger partial charge in [0.2, 0.25) is 0 Å². The molecule has 106 valence electrons. The smallest absolute Gasteiger partial charge is 0.268 e. The van der Waals surface area contributed by atoms with Gasteiger partial charge >= 0.3 is 0 Å². The molecule has 2 unspecified atom stereocenters. The van der Waals surface area contributed by atoms with Crippen molar-refractivity contribution in [2.45, 2.75) is 33.7 Å². The van der Waals surface area contributed by atoms with Crippen molar-refractivity contribution in [3.8, 4) is 0 Å². The predicted octanol–water partition coefficient (Wildman–Crippen LogP) is 1.67.